The standard InChI is InChI=1S/C16H17FN4O3/c1-23-15-6-10(2-3-12(15)17)16(22)20-5-4-14-13(8-20)21-11(9-24-14)7-18-19-21/h2-3,6-7,13-14H,4-5,8-9H2,1H3/t13-,14-/m1/s1. The van der Waals surface area contributed by atoms with Crippen LogP contribution >= 0.6 is 0 Å². The first-order chi connectivity index (χ1) is 11.7. The fourth-order valence-electron chi connectivity index (χ4n) is 3.34. The number of hydrogen-bond acceptors (Lipinski definition) is 5. The molecule has 1 saturated heterocycles. The molecule has 3 heterocycles. The Hall–Kier alpha value is -2.48. The highest BCUT2D eigenvalue weighted by Gasteiger charge is 2.38. The molecule has 0 saturated carbocycles. The van der Waals surface area contributed by atoms with E-state index in [1.165, 1.54) is 25.3 Å². The minimum atomic E-state index is -0.485. The van der Waals surface area contributed by atoms with Crippen LogP contribution < -0.4 is 4.74 Å². The number of hydrogen-bond donors (Lipinski definition) is 0. The maximum absolute atomic E-state index is 13.5. The smallest absolute Gasteiger partial charge is 0.254 e. The van der Waals surface area contributed by atoms with Crippen molar-refractivity contribution in [3.63, 3.8) is 0 Å². The lowest BCUT2D eigenvalue weighted by Crippen LogP contribution is -2.49. The Balaban J connectivity index is 1.57. The van der Waals surface area contributed by atoms with Crippen molar-refractivity contribution in [3.05, 3.63) is 41.5 Å². The molecule has 2 aliphatic heterocycles. The molecule has 24 heavy (non-hydrogen) atoms. The van der Waals surface area contributed by atoms with Gasteiger partial charge in [0.1, 0.15) is 0 Å². The average molecular weight is 332 g/mol. The minimum Gasteiger partial charge on any atom is -0.494 e. The van der Waals surface area contributed by atoms with Crippen LogP contribution in [0.25, 0.3) is 0 Å². The summed E-state index contributed by atoms with van der Waals surface area (Å²) in [4.78, 5) is 14.5. The van der Waals surface area contributed by atoms with Gasteiger partial charge in [0.05, 0.1) is 37.8 Å². The molecule has 126 valence electrons. The number of likely N-dealkylation sites (tertiary alicyclic amines) is 1. The van der Waals surface area contributed by atoms with Crippen LogP contribution in [0.15, 0.2) is 24.4 Å². The van der Waals surface area contributed by atoms with Crippen molar-refractivity contribution in [1.82, 2.24) is 19.9 Å². The number of amides is 1. The quantitative estimate of drug-likeness (QED) is 0.832. The Bertz CT molecular complexity index is 778. The van der Waals surface area contributed by atoms with Gasteiger partial charge in [0.15, 0.2) is 11.6 Å². The van der Waals surface area contributed by atoms with Crippen LogP contribution in [0.1, 0.15) is 28.5 Å². The zero-order chi connectivity index (χ0) is 16.7. The molecule has 4 rings (SSSR count). The van der Waals surface area contributed by atoms with Crippen LogP contribution in [0.5, 0.6) is 5.75 Å². The Kier molecular flexibility index (Phi) is 3.68. The first kappa shape index (κ1) is 15.1. The van der Waals surface area contributed by atoms with Gasteiger partial charge in [-0.15, -0.1) is 5.10 Å². The number of aromatic nitrogens is 3. The number of halogens is 1. The van der Waals surface area contributed by atoms with Gasteiger partial charge in [0.2, 0.25) is 0 Å². The fraction of sp³-hybridized carbons (Fsp3) is 0.438. The van der Waals surface area contributed by atoms with Gasteiger partial charge >= 0.3 is 0 Å². The van der Waals surface area contributed by atoms with E-state index in [1.54, 1.807) is 11.1 Å². The minimum absolute atomic E-state index is 0.0333. The summed E-state index contributed by atoms with van der Waals surface area (Å²) in [5.41, 5.74) is 1.32. The van der Waals surface area contributed by atoms with E-state index < -0.39 is 5.82 Å². The molecule has 1 aromatic carbocycles. The lowest BCUT2D eigenvalue weighted by Gasteiger charge is -2.41. The molecule has 0 unspecified atom stereocenters. The van der Waals surface area contributed by atoms with E-state index >= 15 is 0 Å². The highest BCUT2D eigenvalue weighted by Crippen LogP contribution is 2.31. The monoisotopic (exact) mass is 332 g/mol. The number of piperidine rings is 1. The second-order valence-corrected chi connectivity index (χ2v) is 5.98. The van der Waals surface area contributed by atoms with Gasteiger partial charge in [-0.2, -0.15) is 0 Å². The summed E-state index contributed by atoms with van der Waals surface area (Å²) in [5.74, 6) is -0.574. The lowest BCUT2D eigenvalue weighted by atomic mass is 9.99. The molecule has 2 atom stereocenters. The second-order valence-electron chi connectivity index (χ2n) is 5.98. The number of nitrogens with zero attached hydrogens (tertiary/aromatic N) is 4. The van der Waals surface area contributed by atoms with Gasteiger partial charge in [-0.05, 0) is 24.6 Å². The summed E-state index contributed by atoms with van der Waals surface area (Å²) in [6.45, 7) is 1.57. The molecule has 2 aromatic rings. The maximum Gasteiger partial charge on any atom is 0.254 e. The van der Waals surface area contributed by atoms with Crippen LogP contribution in [0, 0.1) is 5.82 Å². The van der Waals surface area contributed by atoms with Crippen molar-refractivity contribution in [1.29, 1.82) is 0 Å². The van der Waals surface area contributed by atoms with Crippen molar-refractivity contribution in [3.8, 4) is 5.75 Å². The Morgan fingerprint density at radius 2 is 2.33 bits per heavy atom. The Labute approximate surface area is 138 Å². The van der Waals surface area contributed by atoms with Gasteiger partial charge < -0.3 is 14.4 Å². The van der Waals surface area contributed by atoms with Crippen LogP contribution in [0.3, 0.4) is 0 Å². The first-order valence-electron chi connectivity index (χ1n) is 7.81. The summed E-state index contributed by atoms with van der Waals surface area (Å²) in [6, 6.07) is 4.11. The topological polar surface area (TPSA) is 69.5 Å². The lowest BCUT2D eigenvalue weighted by molar-refractivity contribution is -0.0605. The Morgan fingerprint density at radius 3 is 3.17 bits per heavy atom. The average Bonchev–Trinajstić information content (AvgIpc) is 3.10. The summed E-state index contributed by atoms with van der Waals surface area (Å²) in [6.07, 6.45) is 2.45. The van der Waals surface area contributed by atoms with Crippen molar-refractivity contribution in [2.75, 3.05) is 20.2 Å². The number of fused-ring (bicyclic) bond motifs is 3. The SMILES string of the molecule is COc1cc(C(=O)N2CC[C@H]3OCc4cnnn4[C@@H]3C2)ccc1F. The first-order valence-corrected chi connectivity index (χ1v) is 7.81. The van der Waals surface area contributed by atoms with Crippen molar-refractivity contribution in [2.24, 2.45) is 0 Å². The third kappa shape index (κ3) is 2.43. The molecule has 1 aromatic heterocycles. The third-order valence-electron chi connectivity index (χ3n) is 4.61. The number of methoxy groups -OCH3 is 1. The van der Waals surface area contributed by atoms with Crippen LogP contribution in [0.2, 0.25) is 0 Å². The molecular weight excluding hydrogens is 315 g/mol. The van der Waals surface area contributed by atoms with Crippen molar-refractivity contribution in [2.45, 2.75) is 25.2 Å². The second kappa shape index (κ2) is 5.86. The van der Waals surface area contributed by atoms with Crippen molar-refractivity contribution >= 4 is 5.91 Å². The summed E-state index contributed by atoms with van der Waals surface area (Å²) >= 11 is 0. The number of ether oxygens (including phenoxy) is 2. The number of rotatable bonds is 2. The van der Waals surface area contributed by atoms with E-state index in [2.05, 4.69) is 10.3 Å². The summed E-state index contributed by atoms with van der Waals surface area (Å²) in [5, 5.41) is 8.05. The molecule has 0 bridgehead atoms. The van der Waals surface area contributed by atoms with Gasteiger partial charge in [-0.25, -0.2) is 9.07 Å². The van der Waals surface area contributed by atoms with Crippen LogP contribution in [-0.2, 0) is 11.3 Å². The maximum atomic E-state index is 13.5. The largest absolute Gasteiger partial charge is 0.494 e. The summed E-state index contributed by atoms with van der Waals surface area (Å²) < 4.78 is 26.2. The van der Waals surface area contributed by atoms with E-state index in [-0.39, 0.29) is 23.8 Å². The van der Waals surface area contributed by atoms with Crippen LogP contribution in [-0.4, -0.2) is 52.1 Å². The van der Waals surface area contributed by atoms with E-state index in [4.69, 9.17) is 9.47 Å². The molecule has 8 heteroatoms. The number of benzene rings is 1. The zero-order valence-corrected chi connectivity index (χ0v) is 13.2. The van der Waals surface area contributed by atoms with Gasteiger partial charge in [0.25, 0.3) is 5.91 Å². The van der Waals surface area contributed by atoms with Gasteiger partial charge in [-0.3, -0.25) is 4.79 Å². The molecule has 7 nitrogen and oxygen atoms in total. The predicted molar refractivity (Wildman–Crippen MR) is 81.1 cm³/mol. The molecule has 0 N–H and O–H groups in total. The van der Waals surface area contributed by atoms with Crippen molar-refractivity contribution < 1.29 is 18.7 Å². The van der Waals surface area contributed by atoms with Gasteiger partial charge in [-0.1, -0.05) is 5.21 Å². The molecule has 0 spiro atoms. The summed E-state index contributed by atoms with van der Waals surface area (Å²) in [7, 11) is 1.38. The normalized spacial score (nSPS) is 22.7. The molecule has 1 amide bonds. The molecule has 0 aliphatic carbocycles. The van der Waals surface area contributed by atoms with Crippen LogP contribution in [0.4, 0.5) is 4.39 Å². The van der Waals surface area contributed by atoms with E-state index in [0.717, 1.165) is 12.1 Å². The third-order valence-corrected chi connectivity index (χ3v) is 4.61. The highest BCUT2D eigenvalue weighted by atomic mass is 19.1. The fourth-order valence-corrected chi connectivity index (χ4v) is 3.34. The molecule has 1 fully saturated rings. The predicted octanol–water partition coefficient (Wildman–Crippen LogP) is 1.41. The number of carbonyl (C=O) groups excluding carboxylic acids is 1. The molecule has 0 radical (unpaired) electrons. The van der Waals surface area contributed by atoms with Gasteiger partial charge in [0, 0.05) is 18.7 Å². The molecular formula is C16H17FN4O3. The zero-order valence-electron chi connectivity index (χ0n) is 13.2. The number of carbonyl (C=O) groups is 1. The van der Waals surface area contributed by atoms with E-state index in [0.29, 0.717) is 25.3 Å². The Morgan fingerprint density at radius 1 is 1.46 bits per heavy atom. The molecule has 2 aliphatic rings. The van der Waals surface area contributed by atoms with E-state index in [9.17, 15) is 9.18 Å². The van der Waals surface area contributed by atoms with E-state index in [1.807, 2.05) is 4.68 Å². The highest BCUT2D eigenvalue weighted by molar-refractivity contribution is 5.94.